The first-order chi connectivity index (χ1) is 10.1. The number of hydrogen-bond donors (Lipinski definition) is 0. The van der Waals surface area contributed by atoms with Gasteiger partial charge >= 0.3 is 5.97 Å². The molecule has 108 valence electrons. The fourth-order valence-electron chi connectivity index (χ4n) is 1.71. The summed E-state index contributed by atoms with van der Waals surface area (Å²) >= 11 is 1.01. The van der Waals surface area contributed by atoms with Gasteiger partial charge in [-0.25, -0.2) is 4.79 Å². The van der Waals surface area contributed by atoms with E-state index in [2.05, 4.69) is 4.74 Å². The van der Waals surface area contributed by atoms with Crippen LogP contribution in [-0.4, -0.2) is 13.1 Å². The third-order valence-electron chi connectivity index (χ3n) is 2.85. The van der Waals surface area contributed by atoms with E-state index in [0.717, 1.165) is 27.8 Å². The number of carbonyl (C=O) groups excluding carboxylic acids is 1. The monoisotopic (exact) mass is 302 g/mol. The van der Waals surface area contributed by atoms with E-state index in [9.17, 15) is 9.18 Å². The topological polar surface area (TPSA) is 26.3 Å². The van der Waals surface area contributed by atoms with Gasteiger partial charge in [-0.3, -0.25) is 0 Å². The molecule has 0 aliphatic carbocycles. The Morgan fingerprint density at radius 3 is 2.29 bits per heavy atom. The quantitative estimate of drug-likeness (QED) is 0.597. The molecule has 0 saturated carbocycles. The van der Waals surface area contributed by atoms with Gasteiger partial charge in [0.15, 0.2) is 5.16 Å². The van der Waals surface area contributed by atoms with Gasteiger partial charge in [-0.15, -0.1) is 0 Å². The molecule has 0 atom stereocenters. The Morgan fingerprint density at radius 1 is 1.10 bits per heavy atom. The summed E-state index contributed by atoms with van der Waals surface area (Å²) in [4.78, 5) is 12.0. The minimum atomic E-state index is -0.401. The summed E-state index contributed by atoms with van der Waals surface area (Å²) in [6.45, 7) is 1.99. The molecule has 2 aromatic carbocycles. The average molecular weight is 302 g/mol. The van der Waals surface area contributed by atoms with Gasteiger partial charge in [-0.1, -0.05) is 41.6 Å². The van der Waals surface area contributed by atoms with Crippen LogP contribution in [0.5, 0.6) is 0 Å². The molecule has 4 heteroatoms. The Hall–Kier alpha value is -2.07. The molecule has 0 aliphatic rings. The molecule has 2 rings (SSSR count). The van der Waals surface area contributed by atoms with Gasteiger partial charge in [0.05, 0.1) is 12.7 Å². The van der Waals surface area contributed by atoms with Crippen molar-refractivity contribution in [3.05, 3.63) is 70.4 Å². The first-order valence-electron chi connectivity index (χ1n) is 6.38. The Kier molecular flexibility index (Phi) is 5.17. The first-order valence-corrected chi connectivity index (χ1v) is 7.20. The molecule has 0 spiro atoms. The Labute approximate surface area is 127 Å². The highest BCUT2D eigenvalue weighted by molar-refractivity contribution is 8.03. The van der Waals surface area contributed by atoms with E-state index < -0.39 is 5.97 Å². The van der Waals surface area contributed by atoms with Crippen LogP contribution in [0.25, 0.3) is 6.08 Å². The molecule has 0 unspecified atom stereocenters. The molecule has 0 fully saturated rings. The summed E-state index contributed by atoms with van der Waals surface area (Å²) in [5.41, 5.74) is 2.40. The van der Waals surface area contributed by atoms with Crippen molar-refractivity contribution in [2.45, 2.75) is 11.8 Å². The van der Waals surface area contributed by atoms with Gasteiger partial charge in [-0.05, 0) is 42.8 Å². The Morgan fingerprint density at radius 2 is 1.71 bits per heavy atom. The van der Waals surface area contributed by atoms with Gasteiger partial charge in [0.25, 0.3) is 0 Å². The van der Waals surface area contributed by atoms with Crippen LogP contribution in [0.4, 0.5) is 4.39 Å². The van der Waals surface area contributed by atoms with Crippen molar-refractivity contribution in [2.75, 3.05) is 7.11 Å². The lowest BCUT2D eigenvalue weighted by molar-refractivity contribution is 0.0600. The zero-order valence-electron chi connectivity index (χ0n) is 11.8. The van der Waals surface area contributed by atoms with Gasteiger partial charge in [0.1, 0.15) is 0 Å². The number of aryl methyl sites for hydroxylation is 1. The molecule has 0 amide bonds. The summed E-state index contributed by atoms with van der Waals surface area (Å²) in [6, 6.07) is 14.2. The number of rotatable bonds is 4. The minimum absolute atomic E-state index is 0.301. The van der Waals surface area contributed by atoms with E-state index >= 15 is 0 Å². The smallest absolute Gasteiger partial charge is 0.337 e. The van der Waals surface area contributed by atoms with Crippen molar-refractivity contribution in [2.24, 2.45) is 0 Å². The van der Waals surface area contributed by atoms with Gasteiger partial charge < -0.3 is 4.74 Å². The standard InChI is InChI=1S/C17H15FO2S/c1-12-3-5-13(6-4-12)11-16(18)21-15-9-7-14(8-10-15)17(19)20-2/h3-11H,1-2H3/b16-11+. The summed E-state index contributed by atoms with van der Waals surface area (Å²) in [7, 11) is 1.33. The molecular formula is C17H15FO2S. The molecule has 21 heavy (non-hydrogen) atoms. The fourth-order valence-corrected chi connectivity index (χ4v) is 2.41. The molecule has 0 aromatic heterocycles. The number of methoxy groups -OCH3 is 1. The van der Waals surface area contributed by atoms with Crippen molar-refractivity contribution >= 4 is 23.8 Å². The van der Waals surface area contributed by atoms with E-state index in [1.54, 1.807) is 24.3 Å². The van der Waals surface area contributed by atoms with Crippen LogP contribution >= 0.6 is 11.8 Å². The number of halogens is 1. The molecule has 0 saturated heterocycles. The van der Waals surface area contributed by atoms with Crippen LogP contribution in [0, 0.1) is 6.92 Å². The van der Waals surface area contributed by atoms with Crippen molar-refractivity contribution in [3.63, 3.8) is 0 Å². The fraction of sp³-hybridized carbons (Fsp3) is 0.118. The van der Waals surface area contributed by atoms with E-state index in [0.29, 0.717) is 5.56 Å². The number of esters is 1. The molecule has 0 radical (unpaired) electrons. The maximum atomic E-state index is 13.9. The molecule has 0 N–H and O–H groups in total. The normalized spacial score (nSPS) is 11.3. The highest BCUT2D eigenvalue weighted by Gasteiger charge is 2.06. The van der Waals surface area contributed by atoms with E-state index in [-0.39, 0.29) is 5.16 Å². The minimum Gasteiger partial charge on any atom is -0.465 e. The third-order valence-corrected chi connectivity index (χ3v) is 3.67. The second-order valence-electron chi connectivity index (χ2n) is 4.48. The SMILES string of the molecule is COC(=O)c1ccc(S/C(F)=C/c2ccc(C)cc2)cc1. The highest BCUT2D eigenvalue weighted by Crippen LogP contribution is 2.29. The van der Waals surface area contributed by atoms with Gasteiger partial charge in [-0.2, -0.15) is 4.39 Å². The van der Waals surface area contributed by atoms with E-state index in [1.165, 1.54) is 13.2 Å². The second-order valence-corrected chi connectivity index (χ2v) is 5.54. The zero-order chi connectivity index (χ0) is 15.2. The molecule has 0 heterocycles. The average Bonchev–Trinajstić information content (AvgIpc) is 2.49. The Bertz CT molecular complexity index is 645. The largest absolute Gasteiger partial charge is 0.465 e. The molecular weight excluding hydrogens is 287 g/mol. The number of carbonyl (C=O) groups is 1. The van der Waals surface area contributed by atoms with Crippen LogP contribution in [0.15, 0.2) is 58.6 Å². The maximum absolute atomic E-state index is 13.9. The molecule has 2 aromatic rings. The highest BCUT2D eigenvalue weighted by atomic mass is 32.2. The van der Waals surface area contributed by atoms with Crippen molar-refractivity contribution in [3.8, 4) is 0 Å². The lowest BCUT2D eigenvalue weighted by Gasteiger charge is -2.02. The maximum Gasteiger partial charge on any atom is 0.337 e. The summed E-state index contributed by atoms with van der Waals surface area (Å²) in [6.07, 6.45) is 1.48. The first kappa shape index (κ1) is 15.3. The molecule has 0 aliphatic heterocycles. The number of hydrogen-bond acceptors (Lipinski definition) is 3. The van der Waals surface area contributed by atoms with Crippen LogP contribution in [-0.2, 0) is 4.74 Å². The predicted octanol–water partition coefficient (Wildman–Crippen LogP) is 4.84. The number of thioether (sulfide) groups is 1. The number of ether oxygens (including phenoxy) is 1. The van der Waals surface area contributed by atoms with Crippen LogP contribution in [0.3, 0.4) is 0 Å². The second kappa shape index (κ2) is 7.09. The summed E-state index contributed by atoms with van der Waals surface area (Å²) in [5, 5.41) is -0.301. The third kappa shape index (κ3) is 4.46. The van der Waals surface area contributed by atoms with Crippen LogP contribution in [0.1, 0.15) is 21.5 Å². The molecule has 2 nitrogen and oxygen atoms in total. The van der Waals surface area contributed by atoms with Crippen molar-refractivity contribution < 1.29 is 13.9 Å². The van der Waals surface area contributed by atoms with Crippen molar-refractivity contribution in [1.82, 2.24) is 0 Å². The van der Waals surface area contributed by atoms with E-state index in [1.807, 2.05) is 31.2 Å². The predicted molar refractivity (Wildman–Crippen MR) is 83.9 cm³/mol. The lowest BCUT2D eigenvalue weighted by atomic mass is 10.1. The van der Waals surface area contributed by atoms with Gasteiger partial charge in [0, 0.05) is 4.90 Å². The Balaban J connectivity index is 2.06. The van der Waals surface area contributed by atoms with E-state index in [4.69, 9.17) is 0 Å². The van der Waals surface area contributed by atoms with Gasteiger partial charge in [0.2, 0.25) is 0 Å². The van der Waals surface area contributed by atoms with Crippen LogP contribution < -0.4 is 0 Å². The van der Waals surface area contributed by atoms with Crippen molar-refractivity contribution in [1.29, 1.82) is 0 Å². The lowest BCUT2D eigenvalue weighted by Crippen LogP contribution is -2.00. The summed E-state index contributed by atoms with van der Waals surface area (Å²) in [5.74, 6) is -0.401. The summed E-state index contributed by atoms with van der Waals surface area (Å²) < 4.78 is 18.5. The molecule has 0 bridgehead atoms. The van der Waals surface area contributed by atoms with Crippen LogP contribution in [0.2, 0.25) is 0 Å². The number of benzene rings is 2. The zero-order valence-corrected chi connectivity index (χ0v) is 12.6.